The third-order valence-electron chi connectivity index (χ3n) is 2.93. The van der Waals surface area contributed by atoms with E-state index >= 15 is 0 Å². The molecule has 0 heterocycles. The van der Waals surface area contributed by atoms with Crippen molar-refractivity contribution in [1.29, 1.82) is 0 Å². The number of ether oxygens (including phenoxy) is 1. The average Bonchev–Trinajstić information content (AvgIpc) is 2.36. The number of allylic oxidation sites excluding steroid dienone is 4. The summed E-state index contributed by atoms with van der Waals surface area (Å²) in [5.74, 6) is 0.473. The van der Waals surface area contributed by atoms with Crippen molar-refractivity contribution >= 4 is 17.7 Å². The zero-order chi connectivity index (χ0) is 13.4. The molecule has 102 valence electrons. The molecule has 0 aliphatic heterocycles. The van der Waals surface area contributed by atoms with Crippen LogP contribution in [0.3, 0.4) is 0 Å². The van der Waals surface area contributed by atoms with Crippen molar-refractivity contribution in [3.8, 4) is 0 Å². The SMILES string of the molecule is CCCN(CCC1C=CC(Cl)=CC1)C(=O)OCC. The zero-order valence-corrected chi connectivity index (χ0v) is 11.9. The minimum Gasteiger partial charge on any atom is -0.450 e. The predicted octanol–water partition coefficient (Wildman–Crippen LogP) is 3.94. The molecule has 1 atom stereocenters. The van der Waals surface area contributed by atoms with E-state index in [1.165, 1.54) is 0 Å². The molecule has 0 bridgehead atoms. The zero-order valence-electron chi connectivity index (χ0n) is 11.2. The summed E-state index contributed by atoms with van der Waals surface area (Å²) in [6.07, 6.45) is 8.75. The first-order valence-corrected chi connectivity index (χ1v) is 7.00. The molecule has 1 amide bonds. The smallest absolute Gasteiger partial charge is 0.409 e. The fourth-order valence-corrected chi connectivity index (χ4v) is 2.12. The number of amides is 1. The molecule has 4 heteroatoms. The average molecular weight is 272 g/mol. The first-order chi connectivity index (χ1) is 8.67. The first kappa shape index (κ1) is 15.1. The standard InChI is InChI=1S/C14H22ClNO2/c1-3-10-16(14(17)18-4-2)11-9-12-5-7-13(15)8-6-12/h5,7-8,12H,3-4,6,9-11H2,1-2H3. The number of hydrogen-bond donors (Lipinski definition) is 0. The highest BCUT2D eigenvalue weighted by Crippen LogP contribution is 2.21. The summed E-state index contributed by atoms with van der Waals surface area (Å²) in [5, 5.41) is 0.807. The summed E-state index contributed by atoms with van der Waals surface area (Å²) in [6.45, 7) is 5.83. The van der Waals surface area contributed by atoms with Crippen LogP contribution < -0.4 is 0 Å². The molecule has 0 N–H and O–H groups in total. The third kappa shape index (κ3) is 5.13. The van der Waals surface area contributed by atoms with Gasteiger partial charge in [0.2, 0.25) is 0 Å². The van der Waals surface area contributed by atoms with Gasteiger partial charge in [-0.05, 0) is 38.2 Å². The molecule has 0 fully saturated rings. The summed E-state index contributed by atoms with van der Waals surface area (Å²) in [7, 11) is 0. The topological polar surface area (TPSA) is 29.5 Å². The van der Waals surface area contributed by atoms with Crippen molar-refractivity contribution in [3.05, 3.63) is 23.3 Å². The minimum atomic E-state index is -0.201. The summed E-state index contributed by atoms with van der Waals surface area (Å²) in [4.78, 5) is 13.5. The lowest BCUT2D eigenvalue weighted by Crippen LogP contribution is -2.34. The minimum absolute atomic E-state index is 0.201. The van der Waals surface area contributed by atoms with Crippen molar-refractivity contribution in [1.82, 2.24) is 4.90 Å². The van der Waals surface area contributed by atoms with Crippen molar-refractivity contribution in [3.63, 3.8) is 0 Å². The van der Waals surface area contributed by atoms with E-state index in [0.717, 1.165) is 37.4 Å². The van der Waals surface area contributed by atoms with Gasteiger partial charge in [0.05, 0.1) is 6.61 Å². The number of halogens is 1. The van der Waals surface area contributed by atoms with Crippen LogP contribution in [0.4, 0.5) is 4.79 Å². The summed E-state index contributed by atoms with van der Waals surface area (Å²) in [5.41, 5.74) is 0. The monoisotopic (exact) mass is 271 g/mol. The van der Waals surface area contributed by atoms with Crippen LogP contribution >= 0.6 is 11.6 Å². The van der Waals surface area contributed by atoms with Crippen molar-refractivity contribution in [2.24, 2.45) is 5.92 Å². The second kappa shape index (κ2) is 8.20. The summed E-state index contributed by atoms with van der Waals surface area (Å²) >= 11 is 5.88. The molecular formula is C14H22ClNO2. The molecule has 0 saturated carbocycles. The van der Waals surface area contributed by atoms with Gasteiger partial charge in [0.25, 0.3) is 0 Å². The quantitative estimate of drug-likeness (QED) is 0.732. The second-order valence-electron chi connectivity index (χ2n) is 4.42. The van der Waals surface area contributed by atoms with Gasteiger partial charge in [-0.3, -0.25) is 0 Å². The maximum atomic E-state index is 11.7. The van der Waals surface area contributed by atoms with Crippen LogP contribution in [-0.2, 0) is 4.74 Å². The van der Waals surface area contributed by atoms with Gasteiger partial charge in [-0.25, -0.2) is 4.79 Å². The van der Waals surface area contributed by atoms with Crippen molar-refractivity contribution < 1.29 is 9.53 Å². The van der Waals surface area contributed by atoms with Crippen LogP contribution in [-0.4, -0.2) is 30.7 Å². The molecule has 0 aromatic carbocycles. The molecule has 1 aliphatic rings. The Bertz CT molecular complexity index is 326. The lowest BCUT2D eigenvalue weighted by molar-refractivity contribution is 0.105. The Hall–Kier alpha value is -0.960. The van der Waals surface area contributed by atoms with Gasteiger partial charge in [-0.2, -0.15) is 0 Å². The van der Waals surface area contributed by atoms with E-state index in [1.54, 1.807) is 4.90 Å². The molecule has 0 radical (unpaired) electrons. The molecule has 18 heavy (non-hydrogen) atoms. The highest BCUT2D eigenvalue weighted by molar-refractivity contribution is 6.31. The van der Waals surface area contributed by atoms with E-state index < -0.39 is 0 Å². The van der Waals surface area contributed by atoms with Crippen LogP contribution in [0.15, 0.2) is 23.3 Å². The number of nitrogens with zero attached hydrogens (tertiary/aromatic N) is 1. The van der Waals surface area contributed by atoms with Crippen LogP contribution in [0.25, 0.3) is 0 Å². The number of hydrogen-bond acceptors (Lipinski definition) is 2. The van der Waals surface area contributed by atoms with Gasteiger partial charge >= 0.3 is 6.09 Å². The molecule has 0 aromatic rings. The van der Waals surface area contributed by atoms with E-state index in [9.17, 15) is 4.79 Å². The van der Waals surface area contributed by atoms with E-state index in [1.807, 2.05) is 19.1 Å². The molecule has 0 saturated heterocycles. The van der Waals surface area contributed by atoms with Gasteiger partial charge in [-0.1, -0.05) is 30.7 Å². The van der Waals surface area contributed by atoms with Gasteiger partial charge in [0.15, 0.2) is 0 Å². The summed E-state index contributed by atoms with van der Waals surface area (Å²) < 4.78 is 5.05. The van der Waals surface area contributed by atoms with Crippen LogP contribution in [0.1, 0.15) is 33.1 Å². The maximum absolute atomic E-state index is 11.7. The Labute approximate surface area is 114 Å². The Balaban J connectivity index is 2.38. The van der Waals surface area contributed by atoms with Crippen molar-refractivity contribution in [2.45, 2.75) is 33.1 Å². The molecule has 3 nitrogen and oxygen atoms in total. The van der Waals surface area contributed by atoms with Gasteiger partial charge in [0.1, 0.15) is 0 Å². The molecular weight excluding hydrogens is 250 g/mol. The van der Waals surface area contributed by atoms with Crippen LogP contribution in [0.2, 0.25) is 0 Å². The molecule has 0 spiro atoms. The largest absolute Gasteiger partial charge is 0.450 e. The highest BCUT2D eigenvalue weighted by atomic mass is 35.5. The number of rotatable bonds is 6. The number of carbonyl (C=O) groups is 1. The predicted molar refractivity (Wildman–Crippen MR) is 74.7 cm³/mol. The summed E-state index contributed by atoms with van der Waals surface area (Å²) in [6, 6.07) is 0. The first-order valence-electron chi connectivity index (χ1n) is 6.62. The molecule has 1 unspecified atom stereocenters. The Morgan fingerprint density at radius 1 is 1.50 bits per heavy atom. The normalized spacial score (nSPS) is 18.4. The van der Waals surface area contributed by atoms with E-state index in [-0.39, 0.29) is 6.09 Å². The van der Waals surface area contributed by atoms with E-state index in [2.05, 4.69) is 13.0 Å². The lowest BCUT2D eigenvalue weighted by atomic mass is 9.97. The van der Waals surface area contributed by atoms with Crippen LogP contribution in [0.5, 0.6) is 0 Å². The van der Waals surface area contributed by atoms with Gasteiger partial charge < -0.3 is 9.64 Å². The van der Waals surface area contributed by atoms with E-state index in [4.69, 9.17) is 16.3 Å². The molecule has 1 aliphatic carbocycles. The van der Waals surface area contributed by atoms with Crippen molar-refractivity contribution in [2.75, 3.05) is 19.7 Å². The highest BCUT2D eigenvalue weighted by Gasteiger charge is 2.16. The Kier molecular flexibility index (Phi) is 6.88. The molecule has 1 rings (SSSR count). The second-order valence-corrected chi connectivity index (χ2v) is 4.85. The Morgan fingerprint density at radius 3 is 2.83 bits per heavy atom. The third-order valence-corrected chi connectivity index (χ3v) is 3.21. The van der Waals surface area contributed by atoms with Crippen LogP contribution in [0, 0.1) is 5.92 Å². The molecule has 0 aromatic heterocycles. The van der Waals surface area contributed by atoms with E-state index in [0.29, 0.717) is 12.5 Å². The maximum Gasteiger partial charge on any atom is 0.409 e. The van der Waals surface area contributed by atoms with Gasteiger partial charge in [0, 0.05) is 18.1 Å². The fraction of sp³-hybridized carbons (Fsp3) is 0.643. The lowest BCUT2D eigenvalue weighted by Gasteiger charge is -2.23. The number of carbonyl (C=O) groups excluding carboxylic acids is 1. The van der Waals surface area contributed by atoms with Gasteiger partial charge in [-0.15, -0.1) is 0 Å². The fourth-order valence-electron chi connectivity index (χ4n) is 1.95. The Morgan fingerprint density at radius 2 is 2.28 bits per heavy atom.